The largest absolute Gasteiger partial charge is 0.208 e. The van der Waals surface area contributed by atoms with Crippen LogP contribution in [0.4, 0.5) is 0 Å². The third-order valence-corrected chi connectivity index (χ3v) is 12.7. The molecule has 3 nitrogen and oxygen atoms in total. The molecule has 0 N–H and O–H groups in total. The Kier molecular flexibility index (Phi) is 5.26. The molecule has 51 heavy (non-hydrogen) atoms. The maximum absolute atomic E-state index is 9.73. The summed E-state index contributed by atoms with van der Waals surface area (Å²) in [7, 11) is 0. The molecule has 0 fully saturated rings. The highest BCUT2D eigenvalue weighted by atomic mass is 32.1. The average Bonchev–Trinajstić information content (AvgIpc) is 3.95. The number of rotatable bonds is 4. The smallest absolute Gasteiger partial charge is 0.164 e. The fourth-order valence-electron chi connectivity index (χ4n) is 6.99. The summed E-state index contributed by atoms with van der Waals surface area (Å²) >= 11 is 4.57. The second kappa shape index (κ2) is 11.4. The van der Waals surface area contributed by atoms with Crippen molar-refractivity contribution in [1.29, 1.82) is 0 Å². The van der Waals surface area contributed by atoms with Gasteiger partial charge in [-0.25, -0.2) is 15.0 Å². The maximum Gasteiger partial charge on any atom is 0.164 e. The van der Waals surface area contributed by atoms with Gasteiger partial charge in [0.1, 0.15) is 0 Å². The van der Waals surface area contributed by atoms with Gasteiger partial charge in [0.15, 0.2) is 17.5 Å². The number of nitrogens with zero attached hydrogens (tertiary/aromatic N) is 3. The zero-order valence-corrected chi connectivity index (χ0v) is 29.0. The van der Waals surface area contributed by atoms with Crippen molar-refractivity contribution in [2.24, 2.45) is 0 Å². The molecular weight excluding hydrogens is 679 g/mol. The lowest BCUT2D eigenvalue weighted by Gasteiger charge is -2.09. The molecule has 4 heterocycles. The quantitative estimate of drug-likeness (QED) is 0.183. The van der Waals surface area contributed by atoms with Crippen LogP contribution in [0.1, 0.15) is 8.22 Å². The van der Waals surface area contributed by atoms with Crippen molar-refractivity contribution >= 4 is 94.5 Å². The van der Waals surface area contributed by atoms with Crippen LogP contribution < -0.4 is 0 Å². The molecule has 7 aromatic carbocycles. The molecule has 0 radical (unpaired) electrons. The van der Waals surface area contributed by atoms with Gasteiger partial charge in [-0.15, -0.1) is 34.0 Å². The van der Waals surface area contributed by atoms with E-state index in [0.717, 1.165) is 57.0 Å². The van der Waals surface area contributed by atoms with Crippen molar-refractivity contribution in [3.05, 3.63) is 152 Å². The summed E-state index contributed by atoms with van der Waals surface area (Å²) in [5, 5.41) is 4.64. The monoisotopic (exact) mass is 709 g/mol. The lowest BCUT2D eigenvalue weighted by molar-refractivity contribution is 1.08. The molecule has 4 aromatic heterocycles. The average molecular weight is 710 g/mol. The van der Waals surface area contributed by atoms with E-state index in [0.29, 0.717) is 32.0 Å². The second-order valence-corrected chi connectivity index (χ2v) is 15.4. The minimum absolute atomic E-state index is 0.0508. The van der Waals surface area contributed by atoms with Gasteiger partial charge in [-0.2, -0.15) is 0 Å². The molecule has 11 rings (SSSR count). The normalized spacial score (nSPS) is 13.6. The predicted molar refractivity (Wildman–Crippen MR) is 220 cm³/mol. The van der Waals surface area contributed by atoms with E-state index in [2.05, 4.69) is 30.3 Å². The zero-order chi connectivity index (χ0) is 38.7. The van der Waals surface area contributed by atoms with E-state index < -0.39 is 0 Å². The van der Waals surface area contributed by atoms with Crippen LogP contribution in [0, 0.1) is 0 Å². The van der Waals surface area contributed by atoms with E-state index in [1.807, 2.05) is 84.9 Å². The number of hydrogen-bond donors (Lipinski definition) is 0. The van der Waals surface area contributed by atoms with Gasteiger partial charge in [0.2, 0.25) is 0 Å². The topological polar surface area (TPSA) is 38.7 Å². The molecule has 0 unspecified atom stereocenters. The lowest BCUT2D eigenvalue weighted by Crippen LogP contribution is -2.00. The highest BCUT2D eigenvalue weighted by Crippen LogP contribution is 2.46. The molecule has 6 heteroatoms. The molecule has 0 saturated heterocycles. The van der Waals surface area contributed by atoms with E-state index in [1.54, 1.807) is 22.7 Å². The summed E-state index contributed by atoms with van der Waals surface area (Å²) in [6, 6.07) is 36.8. The first-order valence-corrected chi connectivity index (χ1v) is 18.8. The molecule has 0 saturated carbocycles. The van der Waals surface area contributed by atoms with Crippen molar-refractivity contribution in [2.75, 3.05) is 0 Å². The first-order valence-electron chi connectivity index (χ1n) is 19.4. The Balaban J connectivity index is 1.21. The standard InChI is InChI=1S/C45H25N3S3/c1-2-11-26(12-3-1)43-46-44(48-45(47-43)34-18-10-22-38-41(34)33-14-5-7-20-36(33)50-38)27-23-24-28-30-16-8-17-31(42(30)51-39(28)25-27)29-15-9-21-37-40(29)32-13-4-6-19-35(32)49-37/h1-25H/i8D,16D,17D,23D,24D,25D. The van der Waals surface area contributed by atoms with E-state index >= 15 is 0 Å². The third kappa shape index (κ3) is 4.58. The zero-order valence-electron chi connectivity index (χ0n) is 32.5. The lowest BCUT2D eigenvalue weighted by atomic mass is 9.98. The van der Waals surface area contributed by atoms with Gasteiger partial charge in [-0.3, -0.25) is 0 Å². The van der Waals surface area contributed by atoms with Crippen molar-refractivity contribution < 1.29 is 8.22 Å². The van der Waals surface area contributed by atoms with Crippen LogP contribution in [-0.4, -0.2) is 15.0 Å². The summed E-state index contributed by atoms with van der Waals surface area (Å²) in [6.45, 7) is 0. The van der Waals surface area contributed by atoms with Gasteiger partial charge in [-0.1, -0.05) is 121 Å². The number of thiophene rings is 3. The highest BCUT2D eigenvalue weighted by Gasteiger charge is 2.19. The Bertz CT molecular complexity index is 3500. The Morgan fingerprint density at radius 1 is 0.392 bits per heavy atom. The summed E-state index contributed by atoms with van der Waals surface area (Å²) < 4.78 is 61.3. The third-order valence-electron chi connectivity index (χ3n) is 9.27. The van der Waals surface area contributed by atoms with Crippen LogP contribution in [0.25, 0.3) is 106 Å². The van der Waals surface area contributed by atoms with Crippen LogP contribution >= 0.6 is 34.0 Å². The Hall–Kier alpha value is -5.79. The molecule has 0 amide bonds. The number of aromatic nitrogens is 3. The SMILES string of the molecule is [2H]c1c([2H])c([2H])c2c(sc3c([2H])c(-c4nc(-c5ccccc5)nc(-c5cccc6sc7ccccc7c56)n4)c([2H])c([2H])c32)c1-c1cccc2sc3ccccc3c12. The van der Waals surface area contributed by atoms with Crippen molar-refractivity contribution in [3.63, 3.8) is 0 Å². The number of hydrogen-bond acceptors (Lipinski definition) is 6. The Labute approximate surface area is 313 Å². The molecular formula is C45H25N3S3. The molecule has 11 aromatic rings. The Morgan fingerprint density at radius 2 is 1.00 bits per heavy atom. The maximum atomic E-state index is 9.73. The van der Waals surface area contributed by atoms with Crippen molar-refractivity contribution in [3.8, 4) is 45.3 Å². The van der Waals surface area contributed by atoms with Gasteiger partial charge >= 0.3 is 0 Å². The van der Waals surface area contributed by atoms with Crippen LogP contribution in [0.5, 0.6) is 0 Å². The van der Waals surface area contributed by atoms with Gasteiger partial charge < -0.3 is 0 Å². The number of benzene rings is 7. The van der Waals surface area contributed by atoms with Crippen LogP contribution in [0.3, 0.4) is 0 Å². The fraction of sp³-hybridized carbons (Fsp3) is 0. The van der Waals surface area contributed by atoms with E-state index in [9.17, 15) is 5.48 Å². The molecule has 0 aliphatic rings. The molecule has 0 aliphatic heterocycles. The van der Waals surface area contributed by atoms with E-state index in [4.69, 9.17) is 17.7 Å². The minimum atomic E-state index is -0.264. The van der Waals surface area contributed by atoms with E-state index in [1.165, 1.54) is 11.3 Å². The van der Waals surface area contributed by atoms with Crippen LogP contribution in [0.2, 0.25) is 0 Å². The summed E-state index contributed by atoms with van der Waals surface area (Å²) in [6.07, 6.45) is 0. The molecule has 0 spiro atoms. The van der Waals surface area contributed by atoms with Crippen molar-refractivity contribution in [1.82, 2.24) is 15.0 Å². The van der Waals surface area contributed by atoms with Crippen molar-refractivity contribution in [2.45, 2.75) is 0 Å². The molecule has 0 bridgehead atoms. The summed E-state index contributed by atoms with van der Waals surface area (Å²) in [5.41, 5.74) is 2.86. The first-order chi connectivity index (χ1) is 27.8. The first kappa shape index (κ1) is 23.6. The highest BCUT2D eigenvalue weighted by molar-refractivity contribution is 7.27. The fourth-order valence-corrected chi connectivity index (χ4v) is 10.4. The second-order valence-electron chi connectivity index (χ2n) is 12.2. The van der Waals surface area contributed by atoms with Crippen LogP contribution in [0.15, 0.2) is 152 Å². The van der Waals surface area contributed by atoms with Gasteiger partial charge in [-0.05, 0) is 35.9 Å². The summed E-state index contributed by atoms with van der Waals surface area (Å²) in [5.74, 6) is 0.860. The van der Waals surface area contributed by atoms with Gasteiger partial charge in [0.25, 0.3) is 0 Å². The minimum Gasteiger partial charge on any atom is -0.208 e. The van der Waals surface area contributed by atoms with E-state index in [-0.39, 0.29) is 53.0 Å². The number of fused-ring (bicyclic) bond motifs is 9. The van der Waals surface area contributed by atoms with Gasteiger partial charge in [0.05, 0.1) is 8.22 Å². The Morgan fingerprint density at radius 3 is 1.75 bits per heavy atom. The molecule has 0 atom stereocenters. The van der Waals surface area contributed by atoms with Gasteiger partial charge in [0, 0.05) is 82.8 Å². The predicted octanol–water partition coefficient (Wildman–Crippen LogP) is 13.6. The molecule has 238 valence electrons. The summed E-state index contributed by atoms with van der Waals surface area (Å²) in [4.78, 5) is 14.9. The van der Waals surface area contributed by atoms with Crippen LogP contribution in [-0.2, 0) is 0 Å². The molecule has 0 aliphatic carbocycles.